The number of imidazole rings is 3. The summed E-state index contributed by atoms with van der Waals surface area (Å²) in [5.74, 6) is 2.45. The molecule has 3 aromatic heterocycles. The van der Waals surface area contributed by atoms with Gasteiger partial charge in [-0.15, -0.1) is 0 Å². The second kappa shape index (κ2) is 16.2. The molecule has 6 nitrogen and oxygen atoms in total. The second-order valence-corrected chi connectivity index (χ2v) is 19.5. The van der Waals surface area contributed by atoms with Crippen molar-refractivity contribution in [2.24, 2.45) is 0 Å². The average Bonchev–Trinajstić information content (AvgIpc) is 4.23. The number of rotatable bonds is 6. The van der Waals surface area contributed by atoms with Crippen LogP contribution in [0.1, 0.15) is 0 Å². The molecular formula is C69H42N6. The minimum Gasteiger partial charge on any atom is -0.292 e. The number of para-hydroxylation sites is 3. The molecule has 348 valence electrons. The lowest BCUT2D eigenvalue weighted by Crippen LogP contribution is -2.02. The Morgan fingerprint density at radius 3 is 0.653 bits per heavy atom. The summed E-state index contributed by atoms with van der Waals surface area (Å²) in [5, 5.41) is 13.8. The Bertz CT molecular complexity index is 4480. The van der Waals surface area contributed by atoms with Crippen molar-refractivity contribution in [3.63, 3.8) is 0 Å². The van der Waals surface area contributed by atoms with Gasteiger partial charge in [0, 0.05) is 66.1 Å². The maximum Gasteiger partial charge on any atom is 0.145 e. The predicted octanol–water partition coefficient (Wildman–Crippen LogP) is 17.6. The molecule has 0 atom stereocenters. The molecule has 0 N–H and O–H groups in total. The van der Waals surface area contributed by atoms with Gasteiger partial charge in [-0.25, -0.2) is 15.0 Å². The fourth-order valence-electron chi connectivity index (χ4n) is 12.2. The van der Waals surface area contributed by atoms with E-state index in [9.17, 15) is 0 Å². The molecule has 0 saturated heterocycles. The van der Waals surface area contributed by atoms with Gasteiger partial charge >= 0.3 is 0 Å². The largest absolute Gasteiger partial charge is 0.292 e. The average molecular weight is 955 g/mol. The van der Waals surface area contributed by atoms with Crippen molar-refractivity contribution in [1.82, 2.24) is 28.7 Å². The van der Waals surface area contributed by atoms with Gasteiger partial charge in [-0.1, -0.05) is 200 Å². The van der Waals surface area contributed by atoms with Crippen LogP contribution in [0.5, 0.6) is 0 Å². The first-order valence-electron chi connectivity index (χ1n) is 25.5. The van der Waals surface area contributed by atoms with Gasteiger partial charge in [0.25, 0.3) is 0 Å². The SMILES string of the molecule is c1ccc(-n2c(-c3cc(-c4nc5c6ccccc6c6ccccc6c5n4-c4ccccc4)cc(-c4nc5c6ccccc6c6ccccc6c5n4-c4ccccc4)c3)nc3c4ccccc4c4ccccc4c32)cc1. The monoisotopic (exact) mass is 954 g/mol. The second-order valence-electron chi connectivity index (χ2n) is 19.5. The third-order valence-corrected chi connectivity index (χ3v) is 15.3. The molecule has 0 aliphatic heterocycles. The van der Waals surface area contributed by atoms with Gasteiger partial charge in [0.1, 0.15) is 17.5 Å². The van der Waals surface area contributed by atoms with E-state index in [-0.39, 0.29) is 0 Å². The standard InChI is InChI=1S/C69H42N6/c1-4-22-46(23-5-1)73-64-58-37-19-13-31-52(58)49-28-10-16-34-55(49)61(64)70-67(73)43-40-44(68-71-62-56-35-17-11-29-50(56)53-32-14-20-38-59(53)65(62)74(68)47-24-6-2-7-25-47)42-45(41-43)69-72-63-57-36-18-12-30-51(57)54-33-15-21-39-60(54)66(63)75(69)48-26-8-3-9-27-48/h1-42H. The fourth-order valence-corrected chi connectivity index (χ4v) is 12.2. The van der Waals surface area contributed by atoms with Crippen molar-refractivity contribution >= 4 is 97.7 Å². The first-order valence-corrected chi connectivity index (χ1v) is 25.5. The van der Waals surface area contributed by atoms with Gasteiger partial charge in [0.05, 0.1) is 33.1 Å². The Hall–Kier alpha value is -10.2. The third-order valence-electron chi connectivity index (χ3n) is 15.3. The molecule has 16 aromatic rings. The highest BCUT2D eigenvalue weighted by Gasteiger charge is 2.27. The van der Waals surface area contributed by atoms with Gasteiger partial charge in [0.15, 0.2) is 0 Å². The summed E-state index contributed by atoms with van der Waals surface area (Å²) in [5.41, 5.74) is 11.8. The fraction of sp³-hybridized carbons (Fsp3) is 0. The quantitative estimate of drug-likeness (QED) is 0.156. The minimum absolute atomic E-state index is 0.817. The van der Waals surface area contributed by atoms with E-state index in [1.54, 1.807) is 0 Å². The normalized spacial score (nSPS) is 12.0. The zero-order valence-electron chi connectivity index (χ0n) is 40.4. The van der Waals surface area contributed by atoms with Crippen LogP contribution < -0.4 is 0 Å². The first-order chi connectivity index (χ1) is 37.2. The zero-order valence-corrected chi connectivity index (χ0v) is 40.4. The van der Waals surface area contributed by atoms with Crippen LogP contribution in [-0.4, -0.2) is 28.7 Å². The Balaban J connectivity index is 1.10. The molecule has 0 fully saturated rings. The summed E-state index contributed by atoms with van der Waals surface area (Å²) in [7, 11) is 0. The Labute approximate surface area is 430 Å². The number of aromatic nitrogens is 6. The van der Waals surface area contributed by atoms with E-state index in [0.29, 0.717) is 0 Å². The zero-order chi connectivity index (χ0) is 49.1. The van der Waals surface area contributed by atoms with Crippen LogP contribution in [-0.2, 0) is 0 Å². The van der Waals surface area contributed by atoms with Crippen molar-refractivity contribution < 1.29 is 0 Å². The molecule has 0 aliphatic rings. The van der Waals surface area contributed by atoms with Crippen LogP contribution in [0.25, 0.3) is 149 Å². The lowest BCUT2D eigenvalue weighted by molar-refractivity contribution is 1.09. The summed E-state index contributed by atoms with van der Waals surface area (Å²) in [6.07, 6.45) is 0. The number of hydrogen-bond donors (Lipinski definition) is 0. The lowest BCUT2D eigenvalue weighted by atomic mass is 10.00. The first kappa shape index (κ1) is 41.4. The van der Waals surface area contributed by atoms with E-state index < -0.39 is 0 Å². The minimum atomic E-state index is 0.817. The molecule has 0 saturated carbocycles. The van der Waals surface area contributed by atoms with Gasteiger partial charge in [0.2, 0.25) is 0 Å². The third kappa shape index (κ3) is 6.11. The molecule has 75 heavy (non-hydrogen) atoms. The molecule has 0 amide bonds. The number of hydrogen-bond acceptors (Lipinski definition) is 3. The van der Waals surface area contributed by atoms with Gasteiger partial charge in [-0.3, -0.25) is 13.7 Å². The van der Waals surface area contributed by atoms with Gasteiger partial charge < -0.3 is 0 Å². The molecule has 0 bridgehead atoms. The van der Waals surface area contributed by atoms with Crippen LogP contribution in [0, 0.1) is 0 Å². The van der Waals surface area contributed by atoms with Crippen molar-refractivity contribution in [1.29, 1.82) is 0 Å². The summed E-state index contributed by atoms with van der Waals surface area (Å²) >= 11 is 0. The Kier molecular flexibility index (Phi) is 8.94. The molecule has 13 aromatic carbocycles. The molecule has 0 unspecified atom stereocenters. The van der Waals surface area contributed by atoms with E-state index in [1.807, 2.05) is 0 Å². The smallest absolute Gasteiger partial charge is 0.145 e. The summed E-state index contributed by atoms with van der Waals surface area (Å²) in [6, 6.07) is 91.3. The Morgan fingerprint density at radius 2 is 0.400 bits per heavy atom. The highest BCUT2D eigenvalue weighted by Crippen LogP contribution is 2.45. The summed E-state index contributed by atoms with van der Waals surface area (Å²) in [6.45, 7) is 0. The van der Waals surface area contributed by atoms with Crippen molar-refractivity contribution in [3.05, 3.63) is 255 Å². The van der Waals surface area contributed by atoms with Gasteiger partial charge in [-0.2, -0.15) is 0 Å². The molecule has 16 rings (SSSR count). The molecule has 6 heteroatoms. The molecular weight excluding hydrogens is 913 g/mol. The van der Waals surface area contributed by atoms with Crippen molar-refractivity contribution in [3.8, 4) is 51.2 Å². The highest BCUT2D eigenvalue weighted by molar-refractivity contribution is 6.27. The van der Waals surface area contributed by atoms with E-state index in [1.165, 1.54) is 32.3 Å². The van der Waals surface area contributed by atoms with Crippen LogP contribution in [0.15, 0.2) is 255 Å². The van der Waals surface area contributed by atoms with E-state index in [0.717, 1.165) is 117 Å². The topological polar surface area (TPSA) is 53.5 Å². The van der Waals surface area contributed by atoms with Crippen LogP contribution in [0.2, 0.25) is 0 Å². The summed E-state index contributed by atoms with van der Waals surface area (Å²) < 4.78 is 7.11. The summed E-state index contributed by atoms with van der Waals surface area (Å²) in [4.78, 5) is 17.5. The number of benzene rings is 13. The lowest BCUT2D eigenvalue weighted by Gasteiger charge is -2.16. The molecule has 0 spiro atoms. The molecule has 3 heterocycles. The highest BCUT2D eigenvalue weighted by atomic mass is 15.1. The molecule has 0 radical (unpaired) electrons. The Morgan fingerprint density at radius 1 is 0.200 bits per heavy atom. The van der Waals surface area contributed by atoms with Crippen LogP contribution in [0.4, 0.5) is 0 Å². The van der Waals surface area contributed by atoms with Crippen molar-refractivity contribution in [2.75, 3.05) is 0 Å². The maximum absolute atomic E-state index is 5.83. The molecule has 0 aliphatic carbocycles. The van der Waals surface area contributed by atoms with E-state index in [4.69, 9.17) is 15.0 Å². The number of fused-ring (bicyclic) bond motifs is 18. The van der Waals surface area contributed by atoms with Crippen molar-refractivity contribution in [2.45, 2.75) is 0 Å². The predicted molar refractivity (Wildman–Crippen MR) is 312 cm³/mol. The van der Waals surface area contributed by atoms with E-state index >= 15 is 0 Å². The van der Waals surface area contributed by atoms with Crippen LogP contribution >= 0.6 is 0 Å². The number of nitrogens with zero attached hydrogens (tertiary/aromatic N) is 6. The van der Waals surface area contributed by atoms with Gasteiger partial charge in [-0.05, 0) is 86.9 Å². The maximum atomic E-state index is 5.83. The van der Waals surface area contributed by atoms with E-state index in [2.05, 4.69) is 268 Å². The van der Waals surface area contributed by atoms with Crippen LogP contribution in [0.3, 0.4) is 0 Å².